The Bertz CT molecular complexity index is 285. The topological polar surface area (TPSA) is 12.0 Å². The first-order chi connectivity index (χ1) is 7.59. The van der Waals surface area contributed by atoms with Crippen molar-refractivity contribution in [2.75, 3.05) is 6.54 Å². The van der Waals surface area contributed by atoms with E-state index in [0.717, 1.165) is 6.54 Å². The Morgan fingerprint density at radius 1 is 1.00 bits per heavy atom. The van der Waals surface area contributed by atoms with Gasteiger partial charge in [-0.05, 0) is 36.4 Å². The monoisotopic (exact) mass is 219 g/mol. The Balaban J connectivity index is 2.32. The molecule has 1 N–H and O–H groups in total. The van der Waals surface area contributed by atoms with Gasteiger partial charge in [0.1, 0.15) is 0 Å². The third-order valence-corrected chi connectivity index (χ3v) is 2.84. The van der Waals surface area contributed by atoms with Crippen LogP contribution < -0.4 is 5.32 Å². The minimum atomic E-state index is 0.600. The summed E-state index contributed by atoms with van der Waals surface area (Å²) in [6, 6.07) is 9.66. The number of rotatable bonds is 6. The standard InChI is InChI=1S/C15H25N/c1-12(2)15-9-7-14(8-10-15)6-5-11-16-13(3)4/h7-10,12-13,16H,5-6,11H2,1-4H3. The quantitative estimate of drug-likeness (QED) is 0.719. The van der Waals surface area contributed by atoms with E-state index in [1.807, 2.05) is 0 Å². The smallest absolute Gasteiger partial charge is 0.00103 e. The summed E-state index contributed by atoms with van der Waals surface area (Å²) in [5.41, 5.74) is 2.89. The van der Waals surface area contributed by atoms with Crippen LogP contribution in [0.15, 0.2) is 24.3 Å². The molecule has 0 aromatic heterocycles. The minimum absolute atomic E-state index is 0.600. The summed E-state index contributed by atoms with van der Waals surface area (Å²) in [6.45, 7) is 9.97. The maximum Gasteiger partial charge on any atom is 0.00103 e. The minimum Gasteiger partial charge on any atom is -0.315 e. The normalized spacial score (nSPS) is 11.4. The molecule has 1 heteroatoms. The summed E-state index contributed by atoms with van der Waals surface area (Å²) in [4.78, 5) is 0. The molecule has 0 amide bonds. The van der Waals surface area contributed by atoms with E-state index >= 15 is 0 Å². The lowest BCUT2D eigenvalue weighted by Gasteiger charge is -2.09. The summed E-state index contributed by atoms with van der Waals surface area (Å²) in [7, 11) is 0. The van der Waals surface area contributed by atoms with E-state index in [-0.39, 0.29) is 0 Å². The van der Waals surface area contributed by atoms with Gasteiger partial charge in [0, 0.05) is 6.04 Å². The van der Waals surface area contributed by atoms with Gasteiger partial charge in [0.15, 0.2) is 0 Å². The molecule has 1 aromatic rings. The summed E-state index contributed by atoms with van der Waals surface area (Å²) in [5.74, 6) is 0.636. The van der Waals surface area contributed by atoms with Crippen LogP contribution in [0.5, 0.6) is 0 Å². The zero-order chi connectivity index (χ0) is 12.0. The van der Waals surface area contributed by atoms with E-state index in [2.05, 4.69) is 57.3 Å². The van der Waals surface area contributed by atoms with Crippen molar-refractivity contribution < 1.29 is 0 Å². The molecule has 0 aliphatic carbocycles. The third kappa shape index (κ3) is 4.80. The lowest BCUT2D eigenvalue weighted by molar-refractivity contribution is 0.570. The molecule has 1 aromatic carbocycles. The highest BCUT2D eigenvalue weighted by molar-refractivity contribution is 5.24. The summed E-state index contributed by atoms with van der Waals surface area (Å²) in [5, 5.41) is 3.45. The molecule has 1 nitrogen and oxygen atoms in total. The van der Waals surface area contributed by atoms with Crippen LogP contribution in [0.3, 0.4) is 0 Å². The number of hydrogen-bond acceptors (Lipinski definition) is 1. The number of benzene rings is 1. The van der Waals surface area contributed by atoms with E-state index < -0.39 is 0 Å². The first kappa shape index (κ1) is 13.2. The van der Waals surface area contributed by atoms with Gasteiger partial charge in [-0.25, -0.2) is 0 Å². The molecule has 0 aliphatic heterocycles. The Hall–Kier alpha value is -0.820. The first-order valence-corrected chi connectivity index (χ1v) is 6.42. The fraction of sp³-hybridized carbons (Fsp3) is 0.600. The lowest BCUT2D eigenvalue weighted by Crippen LogP contribution is -2.23. The van der Waals surface area contributed by atoms with Gasteiger partial charge < -0.3 is 5.32 Å². The third-order valence-electron chi connectivity index (χ3n) is 2.84. The van der Waals surface area contributed by atoms with Gasteiger partial charge in [-0.3, -0.25) is 0 Å². The molecule has 0 fully saturated rings. The van der Waals surface area contributed by atoms with Gasteiger partial charge in [-0.15, -0.1) is 0 Å². The molecule has 0 radical (unpaired) electrons. The predicted molar refractivity (Wildman–Crippen MR) is 72.0 cm³/mol. The molecule has 0 bridgehead atoms. The molecule has 0 unspecified atom stereocenters. The highest BCUT2D eigenvalue weighted by Gasteiger charge is 1.99. The van der Waals surface area contributed by atoms with E-state index in [0.29, 0.717) is 12.0 Å². The van der Waals surface area contributed by atoms with Crippen molar-refractivity contribution >= 4 is 0 Å². The van der Waals surface area contributed by atoms with Gasteiger partial charge >= 0.3 is 0 Å². The van der Waals surface area contributed by atoms with Gasteiger partial charge in [0.2, 0.25) is 0 Å². The predicted octanol–water partition coefficient (Wildman–Crippen LogP) is 3.74. The van der Waals surface area contributed by atoms with Crippen LogP contribution in [-0.2, 0) is 6.42 Å². The highest BCUT2D eigenvalue weighted by atomic mass is 14.9. The Morgan fingerprint density at radius 3 is 2.12 bits per heavy atom. The van der Waals surface area contributed by atoms with Gasteiger partial charge in [-0.1, -0.05) is 52.0 Å². The van der Waals surface area contributed by atoms with E-state index in [1.54, 1.807) is 0 Å². The van der Waals surface area contributed by atoms with Gasteiger partial charge in [0.05, 0.1) is 0 Å². The molecule has 0 atom stereocenters. The van der Waals surface area contributed by atoms with Crippen LogP contribution in [-0.4, -0.2) is 12.6 Å². The molecule has 0 heterocycles. The summed E-state index contributed by atoms with van der Waals surface area (Å²) in [6.07, 6.45) is 2.40. The largest absolute Gasteiger partial charge is 0.315 e. The number of nitrogens with one attached hydrogen (secondary N) is 1. The second-order valence-corrected chi connectivity index (χ2v) is 5.11. The van der Waals surface area contributed by atoms with E-state index in [1.165, 1.54) is 24.0 Å². The maximum absolute atomic E-state index is 3.45. The lowest BCUT2D eigenvalue weighted by atomic mass is 10.0. The Labute approximate surface area is 100 Å². The van der Waals surface area contributed by atoms with Crippen molar-refractivity contribution in [3.8, 4) is 0 Å². The molecule has 0 saturated heterocycles. The van der Waals surface area contributed by atoms with Gasteiger partial charge in [0.25, 0.3) is 0 Å². The molecule has 0 spiro atoms. The second-order valence-electron chi connectivity index (χ2n) is 5.11. The second kappa shape index (κ2) is 6.70. The zero-order valence-corrected chi connectivity index (χ0v) is 11.1. The first-order valence-electron chi connectivity index (χ1n) is 6.42. The summed E-state index contributed by atoms with van der Waals surface area (Å²) >= 11 is 0. The van der Waals surface area contributed by atoms with Crippen LogP contribution in [0.25, 0.3) is 0 Å². The fourth-order valence-electron chi connectivity index (χ4n) is 1.75. The average Bonchev–Trinajstić information content (AvgIpc) is 2.25. The van der Waals surface area contributed by atoms with Crippen molar-refractivity contribution in [2.45, 2.75) is 52.5 Å². The van der Waals surface area contributed by atoms with Crippen molar-refractivity contribution in [2.24, 2.45) is 0 Å². The zero-order valence-electron chi connectivity index (χ0n) is 11.1. The van der Waals surface area contributed by atoms with Crippen molar-refractivity contribution in [1.82, 2.24) is 5.32 Å². The van der Waals surface area contributed by atoms with Crippen molar-refractivity contribution in [3.05, 3.63) is 35.4 Å². The molecule has 90 valence electrons. The molecular weight excluding hydrogens is 194 g/mol. The number of aryl methyl sites for hydroxylation is 1. The average molecular weight is 219 g/mol. The Kier molecular flexibility index (Phi) is 5.54. The molecule has 0 aliphatic rings. The molecular formula is C15H25N. The van der Waals surface area contributed by atoms with Crippen LogP contribution in [0.2, 0.25) is 0 Å². The molecule has 0 saturated carbocycles. The SMILES string of the molecule is CC(C)NCCCc1ccc(C(C)C)cc1. The van der Waals surface area contributed by atoms with Crippen LogP contribution in [0, 0.1) is 0 Å². The van der Waals surface area contributed by atoms with Crippen LogP contribution in [0.1, 0.15) is 51.2 Å². The van der Waals surface area contributed by atoms with Crippen molar-refractivity contribution in [1.29, 1.82) is 0 Å². The van der Waals surface area contributed by atoms with E-state index in [9.17, 15) is 0 Å². The summed E-state index contributed by atoms with van der Waals surface area (Å²) < 4.78 is 0. The molecule has 1 rings (SSSR count). The number of hydrogen-bond donors (Lipinski definition) is 1. The highest BCUT2D eigenvalue weighted by Crippen LogP contribution is 2.15. The Morgan fingerprint density at radius 2 is 1.62 bits per heavy atom. The van der Waals surface area contributed by atoms with Crippen LogP contribution in [0.4, 0.5) is 0 Å². The van der Waals surface area contributed by atoms with E-state index in [4.69, 9.17) is 0 Å². The van der Waals surface area contributed by atoms with Crippen LogP contribution >= 0.6 is 0 Å². The van der Waals surface area contributed by atoms with Crippen molar-refractivity contribution in [3.63, 3.8) is 0 Å². The van der Waals surface area contributed by atoms with Gasteiger partial charge in [-0.2, -0.15) is 0 Å². The fourth-order valence-corrected chi connectivity index (χ4v) is 1.75. The molecule has 16 heavy (non-hydrogen) atoms. The maximum atomic E-state index is 3.45.